The number of hydrogen-bond acceptors (Lipinski definition) is 7. The number of imidazole rings is 1. The molecule has 2 heterocycles. The van der Waals surface area contributed by atoms with Gasteiger partial charge in [-0.1, -0.05) is 0 Å². The summed E-state index contributed by atoms with van der Waals surface area (Å²) in [5.41, 5.74) is 8.01. The maximum Gasteiger partial charge on any atom is 0.425 e. The molecule has 2 aromatic heterocycles. The lowest BCUT2D eigenvalue weighted by molar-refractivity contribution is 0.0531. The van der Waals surface area contributed by atoms with Crippen LogP contribution in [0.4, 0.5) is 16.6 Å². The van der Waals surface area contributed by atoms with Crippen molar-refractivity contribution in [1.82, 2.24) is 25.4 Å². The van der Waals surface area contributed by atoms with Crippen molar-refractivity contribution in [2.75, 3.05) is 10.7 Å². The standard InChI is InChI=1S/C10H14BN7O2/c1-10(2,3)20-9(19)17-18(11)7-5-6(14-4-13-5)15-8(12)16-7/h4H,1-3H3,(H,17,19)(H3,12,13,14,15,16). The molecule has 4 N–H and O–H groups in total. The molecule has 0 fully saturated rings. The second-order valence-corrected chi connectivity index (χ2v) is 4.99. The van der Waals surface area contributed by atoms with Crippen molar-refractivity contribution >= 4 is 37.0 Å². The fourth-order valence-electron chi connectivity index (χ4n) is 1.46. The number of ether oxygens (including phenoxy) is 1. The molecule has 0 aliphatic rings. The lowest BCUT2D eigenvalue weighted by Gasteiger charge is -2.24. The molecule has 0 aromatic carbocycles. The molecule has 2 rings (SSSR count). The number of fused-ring (bicyclic) bond motifs is 1. The van der Waals surface area contributed by atoms with Gasteiger partial charge in [0.05, 0.1) is 6.33 Å². The summed E-state index contributed by atoms with van der Waals surface area (Å²) in [6.45, 7) is 5.22. The number of carbonyl (C=O) groups excluding carboxylic acids is 1. The first-order valence-electron chi connectivity index (χ1n) is 5.77. The Balaban J connectivity index is 2.21. The number of nitrogens with zero attached hydrogens (tertiary/aromatic N) is 4. The number of nitrogen functional groups attached to an aromatic ring is 1. The largest absolute Gasteiger partial charge is 0.443 e. The third-order valence-electron chi connectivity index (χ3n) is 2.12. The molecule has 0 aliphatic carbocycles. The van der Waals surface area contributed by atoms with Gasteiger partial charge in [0, 0.05) is 0 Å². The van der Waals surface area contributed by atoms with Gasteiger partial charge in [-0.05, 0) is 20.8 Å². The maximum absolute atomic E-state index is 11.6. The van der Waals surface area contributed by atoms with Gasteiger partial charge in [-0.2, -0.15) is 9.97 Å². The summed E-state index contributed by atoms with van der Waals surface area (Å²) in [6, 6.07) is 0. The Morgan fingerprint density at radius 2 is 2.20 bits per heavy atom. The van der Waals surface area contributed by atoms with Crippen molar-refractivity contribution in [2.45, 2.75) is 26.4 Å². The van der Waals surface area contributed by atoms with Gasteiger partial charge < -0.3 is 20.4 Å². The number of nitrogens with one attached hydrogen (secondary N) is 2. The van der Waals surface area contributed by atoms with Crippen LogP contribution in [-0.4, -0.2) is 39.6 Å². The quantitative estimate of drug-likeness (QED) is 0.530. The van der Waals surface area contributed by atoms with Crippen LogP contribution in [0.15, 0.2) is 6.33 Å². The number of amides is 1. The zero-order valence-electron chi connectivity index (χ0n) is 11.3. The number of aromatic amines is 1. The number of H-pyrrole nitrogens is 1. The van der Waals surface area contributed by atoms with Gasteiger partial charge in [0.2, 0.25) is 5.95 Å². The Labute approximate surface area is 116 Å². The van der Waals surface area contributed by atoms with Crippen LogP contribution in [0.25, 0.3) is 11.2 Å². The van der Waals surface area contributed by atoms with Crippen molar-refractivity contribution in [1.29, 1.82) is 0 Å². The number of rotatable bonds is 2. The predicted molar refractivity (Wildman–Crippen MR) is 73.7 cm³/mol. The van der Waals surface area contributed by atoms with Crippen molar-refractivity contribution in [2.24, 2.45) is 0 Å². The Morgan fingerprint density at radius 3 is 2.85 bits per heavy atom. The van der Waals surface area contributed by atoms with Crippen LogP contribution in [0.1, 0.15) is 20.8 Å². The first-order chi connectivity index (χ1) is 9.26. The van der Waals surface area contributed by atoms with E-state index in [1.807, 2.05) is 0 Å². The van der Waals surface area contributed by atoms with Crippen LogP contribution in [0.2, 0.25) is 0 Å². The van der Waals surface area contributed by atoms with E-state index in [0.717, 1.165) is 4.92 Å². The highest BCUT2D eigenvalue weighted by Crippen LogP contribution is 2.19. The summed E-state index contributed by atoms with van der Waals surface area (Å²) >= 11 is 0. The van der Waals surface area contributed by atoms with E-state index in [1.165, 1.54) is 6.33 Å². The molecule has 0 saturated carbocycles. The highest BCUT2D eigenvalue weighted by molar-refractivity contribution is 6.19. The monoisotopic (exact) mass is 275 g/mol. The van der Waals surface area contributed by atoms with Gasteiger partial charge in [-0.3, -0.25) is 0 Å². The van der Waals surface area contributed by atoms with E-state index >= 15 is 0 Å². The molecule has 0 aliphatic heterocycles. The van der Waals surface area contributed by atoms with Gasteiger partial charge in [0.15, 0.2) is 11.5 Å². The molecule has 9 nitrogen and oxygen atoms in total. The van der Waals surface area contributed by atoms with Crippen LogP contribution in [0.5, 0.6) is 0 Å². The molecular weight excluding hydrogens is 261 g/mol. The maximum atomic E-state index is 11.6. The smallest absolute Gasteiger partial charge is 0.425 e. The fraction of sp³-hybridized carbons (Fsp3) is 0.400. The van der Waals surface area contributed by atoms with Crippen molar-refractivity contribution in [3.8, 4) is 0 Å². The minimum Gasteiger partial charge on any atom is -0.443 e. The van der Waals surface area contributed by atoms with Gasteiger partial charge in [0.25, 0.3) is 7.98 Å². The van der Waals surface area contributed by atoms with Gasteiger partial charge in [0.1, 0.15) is 11.1 Å². The van der Waals surface area contributed by atoms with E-state index in [1.54, 1.807) is 20.8 Å². The Kier molecular flexibility index (Phi) is 3.39. The number of anilines is 2. The molecule has 2 radical (unpaired) electrons. The predicted octanol–water partition coefficient (Wildman–Crippen LogP) is 0.265. The molecule has 20 heavy (non-hydrogen) atoms. The zero-order valence-corrected chi connectivity index (χ0v) is 11.3. The van der Waals surface area contributed by atoms with Gasteiger partial charge in [-0.15, -0.1) is 0 Å². The molecule has 0 atom stereocenters. The Bertz CT molecular complexity index is 636. The number of aromatic nitrogens is 4. The lowest BCUT2D eigenvalue weighted by Crippen LogP contribution is -2.44. The number of hydrazine groups is 1. The van der Waals surface area contributed by atoms with Crippen molar-refractivity contribution in [3.05, 3.63) is 6.33 Å². The fourth-order valence-corrected chi connectivity index (χ4v) is 1.46. The topological polar surface area (TPSA) is 122 Å². The minimum absolute atomic E-state index is 0.0129. The molecule has 1 amide bonds. The van der Waals surface area contributed by atoms with Crippen molar-refractivity contribution in [3.63, 3.8) is 0 Å². The minimum atomic E-state index is -0.718. The normalized spacial score (nSPS) is 11.3. The van der Waals surface area contributed by atoms with Crippen LogP contribution >= 0.6 is 0 Å². The highest BCUT2D eigenvalue weighted by atomic mass is 16.6. The van der Waals surface area contributed by atoms with E-state index in [0.29, 0.717) is 11.2 Å². The summed E-state index contributed by atoms with van der Waals surface area (Å²) in [5.74, 6) is 0.164. The van der Waals surface area contributed by atoms with Crippen LogP contribution in [0, 0.1) is 0 Å². The van der Waals surface area contributed by atoms with E-state index in [4.69, 9.17) is 18.5 Å². The third kappa shape index (κ3) is 3.08. The van der Waals surface area contributed by atoms with E-state index < -0.39 is 11.7 Å². The van der Waals surface area contributed by atoms with E-state index in [2.05, 4.69) is 25.4 Å². The van der Waals surface area contributed by atoms with Crippen LogP contribution < -0.4 is 16.1 Å². The SMILES string of the molecule is [B]N(NC(=O)OC(C)(C)C)c1nc(N)nc2nc[nH]c12. The second-order valence-electron chi connectivity index (χ2n) is 4.99. The summed E-state index contributed by atoms with van der Waals surface area (Å²) in [5, 5.41) is 0. The molecule has 10 heteroatoms. The molecule has 0 spiro atoms. The van der Waals surface area contributed by atoms with Crippen LogP contribution in [0.3, 0.4) is 0 Å². The first kappa shape index (κ1) is 13.9. The Morgan fingerprint density at radius 1 is 1.50 bits per heavy atom. The molecule has 0 unspecified atom stereocenters. The highest BCUT2D eigenvalue weighted by Gasteiger charge is 2.19. The average Bonchev–Trinajstić information content (AvgIpc) is 2.72. The van der Waals surface area contributed by atoms with Gasteiger partial charge in [-0.25, -0.2) is 15.2 Å². The number of carbonyl (C=O) groups is 1. The first-order valence-corrected chi connectivity index (χ1v) is 5.77. The summed E-state index contributed by atoms with van der Waals surface area (Å²) < 4.78 is 5.08. The lowest BCUT2D eigenvalue weighted by atomic mass is 10.2. The summed E-state index contributed by atoms with van der Waals surface area (Å²) in [4.78, 5) is 27.2. The molecule has 0 saturated heterocycles. The number of nitrogens with two attached hydrogens (primary N) is 1. The second kappa shape index (κ2) is 4.87. The molecule has 104 valence electrons. The molecule has 0 bridgehead atoms. The van der Waals surface area contributed by atoms with Gasteiger partial charge >= 0.3 is 6.09 Å². The van der Waals surface area contributed by atoms with Crippen molar-refractivity contribution < 1.29 is 9.53 Å². The summed E-state index contributed by atoms with van der Waals surface area (Å²) in [7, 11) is 5.74. The zero-order chi connectivity index (χ0) is 14.9. The summed E-state index contributed by atoms with van der Waals surface area (Å²) in [6.07, 6.45) is 0.703. The third-order valence-corrected chi connectivity index (χ3v) is 2.12. The molecule has 2 aromatic rings. The van der Waals surface area contributed by atoms with Crippen LogP contribution in [-0.2, 0) is 4.74 Å². The van der Waals surface area contributed by atoms with E-state index in [-0.39, 0.29) is 11.8 Å². The van der Waals surface area contributed by atoms with E-state index in [9.17, 15) is 4.79 Å². The number of hydrogen-bond donors (Lipinski definition) is 3. The molecular formula is C10H14BN7O2. The Hall–Kier alpha value is -2.52. The average molecular weight is 275 g/mol.